The lowest BCUT2D eigenvalue weighted by Crippen LogP contribution is -2.55. The van der Waals surface area contributed by atoms with Crippen molar-refractivity contribution in [3.05, 3.63) is 0 Å². The van der Waals surface area contributed by atoms with Crippen molar-refractivity contribution in [3.63, 3.8) is 0 Å². The lowest BCUT2D eigenvalue weighted by molar-refractivity contribution is -0.120. The van der Waals surface area contributed by atoms with Crippen molar-refractivity contribution in [2.75, 3.05) is 46.4 Å². The molecule has 1 aliphatic heterocycles. The first kappa shape index (κ1) is 13.4. The molecule has 1 saturated heterocycles. The summed E-state index contributed by atoms with van der Waals surface area (Å²) in [5.74, 6) is 0.0496. The van der Waals surface area contributed by atoms with Gasteiger partial charge in [0, 0.05) is 25.2 Å². The Morgan fingerprint density at radius 2 is 2.25 bits per heavy atom. The van der Waals surface area contributed by atoms with Gasteiger partial charge in [0.05, 0.1) is 19.8 Å². The summed E-state index contributed by atoms with van der Waals surface area (Å²) in [5, 5.41) is 5.71. The molecule has 0 saturated carbocycles. The van der Waals surface area contributed by atoms with Crippen LogP contribution in [0, 0.1) is 0 Å². The molecule has 1 amide bonds. The van der Waals surface area contributed by atoms with Crippen LogP contribution in [0.5, 0.6) is 0 Å². The molecule has 16 heavy (non-hydrogen) atoms. The van der Waals surface area contributed by atoms with Crippen LogP contribution >= 0.6 is 0 Å². The number of nitrogens with one attached hydrogen (secondary N) is 2. The number of nitrogens with zero attached hydrogens (tertiary/aromatic N) is 1. The van der Waals surface area contributed by atoms with Crippen LogP contribution in [0.25, 0.3) is 0 Å². The van der Waals surface area contributed by atoms with E-state index in [2.05, 4.69) is 29.4 Å². The molecule has 94 valence electrons. The number of morpholine rings is 1. The fourth-order valence-electron chi connectivity index (χ4n) is 1.86. The minimum atomic E-state index is 0.0496. The van der Waals surface area contributed by atoms with Crippen LogP contribution in [0.2, 0.25) is 0 Å². The van der Waals surface area contributed by atoms with Crippen LogP contribution in [0.3, 0.4) is 0 Å². The highest BCUT2D eigenvalue weighted by atomic mass is 16.5. The normalized spacial score (nSPS) is 20.7. The largest absolute Gasteiger partial charge is 0.378 e. The summed E-state index contributed by atoms with van der Waals surface area (Å²) in [6, 6.07) is 0. The van der Waals surface area contributed by atoms with Crippen molar-refractivity contribution in [1.29, 1.82) is 0 Å². The smallest absolute Gasteiger partial charge is 0.233 e. The maximum atomic E-state index is 11.2. The van der Waals surface area contributed by atoms with E-state index in [9.17, 15) is 4.79 Å². The zero-order valence-electron chi connectivity index (χ0n) is 10.5. The van der Waals surface area contributed by atoms with Crippen molar-refractivity contribution < 1.29 is 9.53 Å². The Balaban J connectivity index is 2.23. The van der Waals surface area contributed by atoms with Gasteiger partial charge < -0.3 is 15.4 Å². The Kier molecular flexibility index (Phi) is 5.18. The molecular formula is C11H23N3O2. The first-order chi connectivity index (χ1) is 7.56. The molecule has 0 atom stereocenters. The molecule has 1 fully saturated rings. The molecule has 0 aromatic heterocycles. The molecule has 0 aliphatic carbocycles. The molecule has 5 nitrogen and oxygen atoms in total. The van der Waals surface area contributed by atoms with Gasteiger partial charge in [-0.05, 0) is 20.9 Å². The summed E-state index contributed by atoms with van der Waals surface area (Å²) in [6.07, 6.45) is 0. The van der Waals surface area contributed by atoms with Crippen molar-refractivity contribution in [2.45, 2.75) is 19.4 Å². The van der Waals surface area contributed by atoms with Gasteiger partial charge in [-0.1, -0.05) is 0 Å². The first-order valence-corrected chi connectivity index (χ1v) is 5.80. The topological polar surface area (TPSA) is 53.6 Å². The van der Waals surface area contributed by atoms with E-state index in [0.29, 0.717) is 13.1 Å². The van der Waals surface area contributed by atoms with Crippen molar-refractivity contribution in [3.8, 4) is 0 Å². The number of carbonyl (C=O) groups excluding carboxylic acids is 1. The van der Waals surface area contributed by atoms with E-state index in [4.69, 9.17) is 4.74 Å². The van der Waals surface area contributed by atoms with Crippen LogP contribution in [0.4, 0.5) is 0 Å². The Labute approximate surface area is 97.5 Å². The van der Waals surface area contributed by atoms with Gasteiger partial charge in [0.25, 0.3) is 0 Å². The average molecular weight is 229 g/mol. The highest BCUT2D eigenvalue weighted by molar-refractivity contribution is 5.77. The van der Waals surface area contributed by atoms with Crippen LogP contribution in [-0.4, -0.2) is 62.8 Å². The number of rotatable bonds is 5. The van der Waals surface area contributed by atoms with E-state index in [1.54, 1.807) is 7.05 Å². The molecule has 1 aliphatic rings. The van der Waals surface area contributed by atoms with E-state index < -0.39 is 0 Å². The molecule has 0 bridgehead atoms. The summed E-state index contributed by atoms with van der Waals surface area (Å²) < 4.78 is 5.44. The molecule has 0 spiro atoms. The molecule has 2 N–H and O–H groups in total. The third-order valence-electron chi connectivity index (χ3n) is 2.86. The molecule has 5 heteroatoms. The third-order valence-corrected chi connectivity index (χ3v) is 2.86. The summed E-state index contributed by atoms with van der Waals surface area (Å²) in [5.41, 5.74) is 0.0754. The highest BCUT2D eigenvalue weighted by Crippen LogP contribution is 2.17. The second kappa shape index (κ2) is 6.18. The minimum Gasteiger partial charge on any atom is -0.378 e. The lowest BCUT2D eigenvalue weighted by atomic mass is 10.0. The number of amides is 1. The van der Waals surface area contributed by atoms with Gasteiger partial charge in [0.1, 0.15) is 0 Å². The second-order valence-corrected chi connectivity index (χ2v) is 4.73. The van der Waals surface area contributed by atoms with Gasteiger partial charge >= 0.3 is 0 Å². The molecule has 0 radical (unpaired) electrons. The van der Waals surface area contributed by atoms with Gasteiger partial charge in [-0.25, -0.2) is 0 Å². The van der Waals surface area contributed by atoms with Crippen LogP contribution < -0.4 is 10.6 Å². The van der Waals surface area contributed by atoms with Crippen LogP contribution in [-0.2, 0) is 9.53 Å². The maximum absolute atomic E-state index is 11.2. The number of carbonyl (C=O) groups is 1. The Hall–Kier alpha value is -0.650. The standard InChI is InChI=1S/C11H23N3O2/c1-11(2)9-16-7-6-14(11)5-4-13-10(15)8-12-3/h12H,4-9H2,1-3H3,(H,13,15). The van der Waals surface area contributed by atoms with E-state index in [1.807, 2.05) is 0 Å². The summed E-state index contributed by atoms with van der Waals surface area (Å²) in [4.78, 5) is 13.6. The maximum Gasteiger partial charge on any atom is 0.233 e. The predicted octanol–water partition coefficient (Wildman–Crippen LogP) is -0.567. The number of likely N-dealkylation sites (N-methyl/N-ethyl adjacent to an activating group) is 1. The molecule has 0 unspecified atom stereocenters. The Morgan fingerprint density at radius 3 is 2.88 bits per heavy atom. The SMILES string of the molecule is CNCC(=O)NCCN1CCOCC1(C)C. The van der Waals surface area contributed by atoms with Crippen molar-refractivity contribution in [2.24, 2.45) is 0 Å². The lowest BCUT2D eigenvalue weighted by Gasteiger charge is -2.42. The second-order valence-electron chi connectivity index (χ2n) is 4.73. The molecule has 1 heterocycles. The number of hydrogen-bond donors (Lipinski definition) is 2. The number of hydrogen-bond acceptors (Lipinski definition) is 4. The van der Waals surface area contributed by atoms with E-state index in [-0.39, 0.29) is 11.4 Å². The van der Waals surface area contributed by atoms with Crippen LogP contribution in [0.1, 0.15) is 13.8 Å². The van der Waals surface area contributed by atoms with E-state index in [1.165, 1.54) is 0 Å². The molecule has 0 aromatic rings. The zero-order valence-corrected chi connectivity index (χ0v) is 10.5. The third kappa shape index (κ3) is 4.08. The highest BCUT2D eigenvalue weighted by Gasteiger charge is 2.29. The van der Waals surface area contributed by atoms with Gasteiger partial charge in [-0.3, -0.25) is 9.69 Å². The van der Waals surface area contributed by atoms with E-state index in [0.717, 1.165) is 26.3 Å². The minimum absolute atomic E-state index is 0.0496. The average Bonchev–Trinajstić information content (AvgIpc) is 2.21. The first-order valence-electron chi connectivity index (χ1n) is 5.80. The fraction of sp³-hybridized carbons (Fsp3) is 0.909. The summed E-state index contributed by atoms with van der Waals surface area (Å²) >= 11 is 0. The fourth-order valence-corrected chi connectivity index (χ4v) is 1.86. The van der Waals surface area contributed by atoms with Crippen molar-refractivity contribution >= 4 is 5.91 Å². The van der Waals surface area contributed by atoms with Gasteiger partial charge in [0.2, 0.25) is 5.91 Å². The molecule has 0 aromatic carbocycles. The van der Waals surface area contributed by atoms with Gasteiger partial charge in [-0.15, -0.1) is 0 Å². The van der Waals surface area contributed by atoms with Crippen LogP contribution in [0.15, 0.2) is 0 Å². The quantitative estimate of drug-likeness (QED) is 0.663. The summed E-state index contributed by atoms with van der Waals surface area (Å²) in [6.45, 7) is 8.78. The van der Waals surface area contributed by atoms with Gasteiger partial charge in [0.15, 0.2) is 0 Å². The van der Waals surface area contributed by atoms with E-state index >= 15 is 0 Å². The molecule has 1 rings (SSSR count). The van der Waals surface area contributed by atoms with Crippen molar-refractivity contribution in [1.82, 2.24) is 15.5 Å². The number of ether oxygens (including phenoxy) is 1. The zero-order chi connectivity index (χ0) is 12.0. The predicted molar refractivity (Wildman–Crippen MR) is 63.4 cm³/mol. The Bertz CT molecular complexity index is 231. The van der Waals surface area contributed by atoms with Gasteiger partial charge in [-0.2, -0.15) is 0 Å². The molecular weight excluding hydrogens is 206 g/mol. The monoisotopic (exact) mass is 229 g/mol. The summed E-state index contributed by atoms with van der Waals surface area (Å²) in [7, 11) is 1.77. The Morgan fingerprint density at radius 1 is 1.50 bits per heavy atom.